The molecule has 20 heavy (non-hydrogen) atoms. The lowest BCUT2D eigenvalue weighted by Crippen LogP contribution is -2.07. The maximum Gasteiger partial charge on any atom is 0.358 e. The van der Waals surface area contributed by atoms with Gasteiger partial charge in [-0.05, 0) is 6.42 Å². The van der Waals surface area contributed by atoms with Crippen molar-refractivity contribution in [1.29, 1.82) is 0 Å². The Morgan fingerprint density at radius 1 is 1.45 bits per heavy atom. The number of hydrogen-bond donors (Lipinski definition) is 0. The van der Waals surface area contributed by atoms with E-state index in [0.29, 0.717) is 9.88 Å². The van der Waals surface area contributed by atoms with E-state index in [1.165, 1.54) is 25.4 Å². The average Bonchev–Trinajstić information content (AvgIpc) is 3.04. The van der Waals surface area contributed by atoms with Crippen molar-refractivity contribution in [3.63, 3.8) is 0 Å². The summed E-state index contributed by atoms with van der Waals surface area (Å²) in [4.78, 5) is 32.0. The van der Waals surface area contributed by atoms with Crippen LogP contribution in [0, 0.1) is 0 Å². The molecule has 2 aromatic rings. The number of imidazole rings is 1. The molecule has 0 unspecified atom stereocenters. The Balaban J connectivity index is 2.50. The van der Waals surface area contributed by atoms with E-state index in [1.54, 1.807) is 12.5 Å². The number of aryl methyl sites for hydroxylation is 1. The topological polar surface area (TPSA) is 74.1 Å². The lowest BCUT2D eigenvalue weighted by molar-refractivity contribution is 0.0591. The average molecular weight is 293 g/mol. The lowest BCUT2D eigenvalue weighted by Gasteiger charge is -2.02. The van der Waals surface area contributed by atoms with E-state index in [-0.39, 0.29) is 11.5 Å². The molecular formula is C13H15N3O3S. The number of hydrogen-bond acceptors (Lipinski definition) is 6. The summed E-state index contributed by atoms with van der Waals surface area (Å²) in [6.07, 6.45) is 4.35. The van der Waals surface area contributed by atoms with Crippen LogP contribution in [-0.4, -0.2) is 33.4 Å². The molecule has 0 saturated carbocycles. The van der Waals surface area contributed by atoms with Crippen molar-refractivity contribution in [2.45, 2.75) is 26.8 Å². The SMILES string of the molecule is CCCn1cncc1-c1nc(C(=O)OC)c(C(C)=O)s1. The molecule has 0 aliphatic heterocycles. The number of carbonyl (C=O) groups excluding carboxylic acids is 2. The molecule has 0 spiro atoms. The highest BCUT2D eigenvalue weighted by atomic mass is 32.1. The predicted octanol–water partition coefficient (Wildman–Crippen LogP) is 2.41. The minimum absolute atomic E-state index is 0.0734. The van der Waals surface area contributed by atoms with Gasteiger partial charge in [0, 0.05) is 13.5 Å². The van der Waals surface area contributed by atoms with E-state index in [9.17, 15) is 9.59 Å². The Bertz CT molecular complexity index is 645. The van der Waals surface area contributed by atoms with Gasteiger partial charge in [-0.25, -0.2) is 14.8 Å². The highest BCUT2D eigenvalue weighted by Crippen LogP contribution is 2.29. The number of ether oxygens (including phenoxy) is 1. The minimum Gasteiger partial charge on any atom is -0.464 e. The van der Waals surface area contributed by atoms with Crippen LogP contribution in [0.4, 0.5) is 0 Å². The fourth-order valence-electron chi connectivity index (χ4n) is 1.82. The fraction of sp³-hybridized carbons (Fsp3) is 0.385. The molecule has 0 saturated heterocycles. The van der Waals surface area contributed by atoms with Crippen molar-refractivity contribution in [2.75, 3.05) is 7.11 Å². The number of thiazole rings is 1. The molecule has 0 N–H and O–H groups in total. The normalized spacial score (nSPS) is 10.6. The van der Waals surface area contributed by atoms with Gasteiger partial charge < -0.3 is 9.30 Å². The van der Waals surface area contributed by atoms with Crippen LogP contribution >= 0.6 is 11.3 Å². The third-order valence-corrected chi connectivity index (χ3v) is 3.90. The Morgan fingerprint density at radius 3 is 2.80 bits per heavy atom. The van der Waals surface area contributed by atoms with Gasteiger partial charge in [-0.15, -0.1) is 11.3 Å². The van der Waals surface area contributed by atoms with Crippen molar-refractivity contribution >= 4 is 23.1 Å². The van der Waals surface area contributed by atoms with Crippen molar-refractivity contribution in [3.05, 3.63) is 23.1 Å². The first-order chi connectivity index (χ1) is 9.58. The zero-order valence-corrected chi connectivity index (χ0v) is 12.4. The number of nitrogens with zero attached hydrogens (tertiary/aromatic N) is 3. The summed E-state index contributed by atoms with van der Waals surface area (Å²) < 4.78 is 6.61. The van der Waals surface area contributed by atoms with Gasteiger partial charge in [0.25, 0.3) is 0 Å². The van der Waals surface area contributed by atoms with Crippen LogP contribution in [0.5, 0.6) is 0 Å². The summed E-state index contributed by atoms with van der Waals surface area (Å²) in [6.45, 7) is 4.28. The van der Waals surface area contributed by atoms with Crippen molar-refractivity contribution in [2.24, 2.45) is 0 Å². The second-order valence-electron chi connectivity index (χ2n) is 4.22. The molecule has 0 fully saturated rings. The largest absolute Gasteiger partial charge is 0.464 e. The van der Waals surface area contributed by atoms with Gasteiger partial charge in [-0.2, -0.15) is 0 Å². The number of aromatic nitrogens is 3. The van der Waals surface area contributed by atoms with E-state index < -0.39 is 5.97 Å². The number of rotatable bonds is 5. The quantitative estimate of drug-likeness (QED) is 0.625. The Hall–Kier alpha value is -2.02. The molecule has 6 nitrogen and oxygen atoms in total. The number of carbonyl (C=O) groups is 2. The van der Waals surface area contributed by atoms with E-state index in [0.717, 1.165) is 18.7 Å². The molecule has 0 aromatic carbocycles. The summed E-state index contributed by atoms with van der Waals surface area (Å²) in [5.41, 5.74) is 0.874. The molecule has 0 radical (unpaired) electrons. The van der Waals surface area contributed by atoms with Crippen LogP contribution in [0.3, 0.4) is 0 Å². The van der Waals surface area contributed by atoms with Gasteiger partial charge in [0.1, 0.15) is 9.88 Å². The maximum atomic E-state index is 11.7. The Labute approximate surface area is 120 Å². The molecule has 0 aliphatic rings. The highest BCUT2D eigenvalue weighted by molar-refractivity contribution is 7.17. The van der Waals surface area contributed by atoms with Gasteiger partial charge in [-0.3, -0.25) is 4.79 Å². The van der Waals surface area contributed by atoms with Crippen molar-refractivity contribution in [1.82, 2.24) is 14.5 Å². The maximum absolute atomic E-state index is 11.7. The molecule has 2 aromatic heterocycles. The first kappa shape index (κ1) is 14.4. The first-order valence-corrected chi connectivity index (χ1v) is 7.00. The Kier molecular flexibility index (Phi) is 4.29. The third-order valence-electron chi connectivity index (χ3n) is 2.72. The van der Waals surface area contributed by atoms with Crippen LogP contribution in [0.15, 0.2) is 12.5 Å². The summed E-state index contributed by atoms with van der Waals surface area (Å²) >= 11 is 1.19. The smallest absolute Gasteiger partial charge is 0.358 e. The number of ketones is 1. The van der Waals surface area contributed by atoms with Crippen molar-refractivity contribution < 1.29 is 14.3 Å². The van der Waals surface area contributed by atoms with Gasteiger partial charge in [0.05, 0.1) is 25.3 Å². The van der Waals surface area contributed by atoms with E-state index >= 15 is 0 Å². The lowest BCUT2D eigenvalue weighted by atomic mass is 10.3. The third kappa shape index (κ3) is 2.62. The fourth-order valence-corrected chi connectivity index (χ4v) is 2.80. The molecule has 2 heterocycles. The van der Waals surface area contributed by atoms with Crippen LogP contribution < -0.4 is 0 Å². The Morgan fingerprint density at radius 2 is 2.20 bits per heavy atom. The standard InChI is InChI=1S/C13H15N3O3S/c1-4-5-16-7-14-6-9(16)12-15-10(13(18)19-3)11(20-12)8(2)17/h6-7H,4-5H2,1-3H3. The second kappa shape index (κ2) is 5.96. The first-order valence-electron chi connectivity index (χ1n) is 6.19. The molecule has 0 aliphatic carbocycles. The zero-order valence-electron chi connectivity index (χ0n) is 11.5. The van der Waals surface area contributed by atoms with Crippen LogP contribution in [0.25, 0.3) is 10.7 Å². The van der Waals surface area contributed by atoms with E-state index in [2.05, 4.69) is 21.6 Å². The zero-order chi connectivity index (χ0) is 14.7. The number of methoxy groups -OCH3 is 1. The molecule has 7 heteroatoms. The summed E-state index contributed by atoms with van der Waals surface area (Å²) in [7, 11) is 1.27. The highest BCUT2D eigenvalue weighted by Gasteiger charge is 2.23. The second-order valence-corrected chi connectivity index (χ2v) is 5.22. The summed E-state index contributed by atoms with van der Waals surface area (Å²) in [5, 5.41) is 0.599. The minimum atomic E-state index is -0.598. The van der Waals surface area contributed by atoms with Gasteiger partial charge in [-0.1, -0.05) is 6.92 Å². The van der Waals surface area contributed by atoms with Crippen LogP contribution in [-0.2, 0) is 11.3 Å². The summed E-state index contributed by atoms with van der Waals surface area (Å²) in [5.74, 6) is -0.796. The number of esters is 1. The van der Waals surface area contributed by atoms with Crippen molar-refractivity contribution in [3.8, 4) is 10.7 Å². The summed E-state index contributed by atoms with van der Waals surface area (Å²) in [6, 6.07) is 0. The number of Topliss-reactive ketones (excluding diaryl/α,β-unsaturated/α-hetero) is 1. The molecule has 106 valence electrons. The van der Waals surface area contributed by atoms with Gasteiger partial charge in [0.15, 0.2) is 11.5 Å². The van der Waals surface area contributed by atoms with Crippen LogP contribution in [0.2, 0.25) is 0 Å². The monoisotopic (exact) mass is 293 g/mol. The molecule has 0 bridgehead atoms. The van der Waals surface area contributed by atoms with Gasteiger partial charge >= 0.3 is 5.97 Å². The molecular weight excluding hydrogens is 278 g/mol. The molecule has 0 amide bonds. The van der Waals surface area contributed by atoms with Gasteiger partial charge in [0.2, 0.25) is 0 Å². The molecule has 2 rings (SSSR count). The predicted molar refractivity (Wildman–Crippen MR) is 75.0 cm³/mol. The van der Waals surface area contributed by atoms with Crippen LogP contribution in [0.1, 0.15) is 40.4 Å². The molecule has 0 atom stereocenters. The van der Waals surface area contributed by atoms with E-state index in [1.807, 2.05) is 4.57 Å². The van der Waals surface area contributed by atoms with E-state index in [4.69, 9.17) is 0 Å².